The van der Waals surface area contributed by atoms with Gasteiger partial charge in [0.05, 0.1) is 13.0 Å². The van der Waals surface area contributed by atoms with Crippen molar-refractivity contribution in [3.05, 3.63) is 29.8 Å². The van der Waals surface area contributed by atoms with Crippen LogP contribution in [-0.2, 0) is 11.2 Å². The number of carbonyl (C=O) groups is 1. The largest absolute Gasteiger partial charge is 0.494 e. The first-order valence-corrected chi connectivity index (χ1v) is 9.86. The number of carboxylic acids is 1. The van der Waals surface area contributed by atoms with Crippen molar-refractivity contribution < 1.29 is 14.6 Å². The number of nitrogens with one attached hydrogen (secondary N) is 1. The summed E-state index contributed by atoms with van der Waals surface area (Å²) in [6, 6.07) is 8.32. The molecule has 0 unspecified atom stereocenters. The average molecular weight is 350 g/mol. The van der Waals surface area contributed by atoms with Gasteiger partial charge in [-0.25, -0.2) is 0 Å². The fourth-order valence-corrected chi connectivity index (χ4v) is 2.78. The van der Waals surface area contributed by atoms with E-state index in [4.69, 9.17) is 9.84 Å². The summed E-state index contributed by atoms with van der Waals surface area (Å²) >= 11 is 0. The molecule has 0 saturated carbocycles. The van der Waals surface area contributed by atoms with Crippen LogP contribution in [0.3, 0.4) is 0 Å². The number of hydrogen-bond acceptors (Lipinski definition) is 3. The highest BCUT2D eigenvalue weighted by Gasteiger charge is 1.99. The molecule has 0 bridgehead atoms. The highest BCUT2D eigenvalue weighted by atomic mass is 16.5. The molecular formula is C21H35NO3. The summed E-state index contributed by atoms with van der Waals surface area (Å²) in [7, 11) is 0. The van der Waals surface area contributed by atoms with Gasteiger partial charge < -0.3 is 15.2 Å². The lowest BCUT2D eigenvalue weighted by Gasteiger charge is -2.08. The van der Waals surface area contributed by atoms with Crippen molar-refractivity contribution in [2.45, 2.75) is 71.1 Å². The van der Waals surface area contributed by atoms with Gasteiger partial charge in [0.15, 0.2) is 0 Å². The highest BCUT2D eigenvalue weighted by molar-refractivity contribution is 5.66. The third-order valence-corrected chi connectivity index (χ3v) is 4.25. The predicted molar refractivity (Wildman–Crippen MR) is 103 cm³/mol. The minimum Gasteiger partial charge on any atom is -0.494 e. The fraction of sp³-hybridized carbons (Fsp3) is 0.667. The Kier molecular flexibility index (Phi) is 12.7. The van der Waals surface area contributed by atoms with E-state index in [0.29, 0.717) is 6.54 Å². The van der Waals surface area contributed by atoms with Gasteiger partial charge in [-0.05, 0) is 43.5 Å². The molecular weight excluding hydrogens is 314 g/mol. The summed E-state index contributed by atoms with van der Waals surface area (Å²) in [6.07, 6.45) is 11.2. The zero-order valence-electron chi connectivity index (χ0n) is 15.8. The van der Waals surface area contributed by atoms with Crippen molar-refractivity contribution in [1.29, 1.82) is 0 Å². The Hall–Kier alpha value is -1.55. The van der Waals surface area contributed by atoms with Crippen molar-refractivity contribution in [2.75, 3.05) is 19.7 Å². The number of carboxylic acid groups (broad SMARTS) is 1. The maximum absolute atomic E-state index is 10.4. The number of aryl methyl sites for hydroxylation is 1. The van der Waals surface area contributed by atoms with Crippen molar-refractivity contribution in [1.82, 2.24) is 5.32 Å². The number of rotatable bonds is 16. The highest BCUT2D eigenvalue weighted by Crippen LogP contribution is 2.15. The van der Waals surface area contributed by atoms with E-state index in [1.807, 2.05) is 12.1 Å². The van der Waals surface area contributed by atoms with Crippen LogP contribution in [0.25, 0.3) is 0 Å². The molecule has 2 N–H and O–H groups in total. The van der Waals surface area contributed by atoms with E-state index in [9.17, 15) is 4.79 Å². The Balaban J connectivity index is 2.08. The summed E-state index contributed by atoms with van der Waals surface area (Å²) in [5.41, 5.74) is 1.28. The monoisotopic (exact) mass is 349 g/mol. The third kappa shape index (κ3) is 12.5. The minimum absolute atomic E-state index is 0.182. The molecule has 0 atom stereocenters. The van der Waals surface area contributed by atoms with Crippen molar-refractivity contribution in [3.8, 4) is 5.75 Å². The Morgan fingerprint density at radius 1 is 1.04 bits per heavy atom. The maximum Gasteiger partial charge on any atom is 0.304 e. The fourth-order valence-electron chi connectivity index (χ4n) is 2.78. The molecule has 0 spiro atoms. The SMILES string of the molecule is CCCCCCCCCOc1cccc(CCCNCCC(=O)O)c1. The number of hydrogen-bond donors (Lipinski definition) is 2. The summed E-state index contributed by atoms with van der Waals surface area (Å²) in [4.78, 5) is 10.4. The van der Waals surface area contributed by atoms with Crippen LogP contribution in [0, 0.1) is 0 Å². The normalized spacial score (nSPS) is 10.8. The lowest BCUT2D eigenvalue weighted by Crippen LogP contribution is -2.19. The molecule has 0 saturated heterocycles. The molecule has 0 radical (unpaired) electrons. The molecule has 0 aliphatic carbocycles. The van der Waals surface area contributed by atoms with Crippen LogP contribution in [0.15, 0.2) is 24.3 Å². The molecule has 0 aromatic heterocycles. The zero-order valence-corrected chi connectivity index (χ0v) is 15.8. The lowest BCUT2D eigenvalue weighted by atomic mass is 10.1. The van der Waals surface area contributed by atoms with E-state index in [-0.39, 0.29) is 6.42 Å². The van der Waals surface area contributed by atoms with Gasteiger partial charge in [-0.2, -0.15) is 0 Å². The molecule has 1 rings (SSSR count). The van der Waals surface area contributed by atoms with Gasteiger partial charge >= 0.3 is 5.97 Å². The van der Waals surface area contributed by atoms with Crippen LogP contribution >= 0.6 is 0 Å². The van der Waals surface area contributed by atoms with Crippen molar-refractivity contribution in [2.24, 2.45) is 0 Å². The van der Waals surface area contributed by atoms with Gasteiger partial charge in [-0.15, -0.1) is 0 Å². The Labute approximate surface area is 153 Å². The molecule has 0 aliphatic rings. The van der Waals surface area contributed by atoms with Crippen molar-refractivity contribution >= 4 is 5.97 Å². The average Bonchev–Trinajstić information content (AvgIpc) is 2.60. The van der Waals surface area contributed by atoms with Gasteiger partial charge in [-0.1, -0.05) is 57.6 Å². The molecule has 0 aliphatic heterocycles. The van der Waals surface area contributed by atoms with Gasteiger partial charge in [0.2, 0.25) is 0 Å². The second-order valence-electron chi connectivity index (χ2n) is 6.61. The first-order valence-electron chi connectivity index (χ1n) is 9.86. The van der Waals surface area contributed by atoms with Crippen molar-refractivity contribution in [3.63, 3.8) is 0 Å². The Morgan fingerprint density at radius 2 is 1.80 bits per heavy atom. The van der Waals surface area contributed by atoms with Crippen LogP contribution in [0.4, 0.5) is 0 Å². The molecule has 0 heterocycles. The van der Waals surface area contributed by atoms with Gasteiger partial charge in [0.1, 0.15) is 5.75 Å². The van der Waals surface area contributed by atoms with E-state index in [2.05, 4.69) is 24.4 Å². The Morgan fingerprint density at radius 3 is 2.56 bits per heavy atom. The second kappa shape index (κ2) is 14.8. The van der Waals surface area contributed by atoms with Crippen LogP contribution in [0.1, 0.15) is 70.3 Å². The van der Waals surface area contributed by atoms with Crippen LogP contribution in [0.2, 0.25) is 0 Å². The van der Waals surface area contributed by atoms with E-state index in [1.165, 1.54) is 44.1 Å². The van der Waals surface area contributed by atoms with Crippen LogP contribution < -0.4 is 10.1 Å². The van der Waals surface area contributed by atoms with E-state index in [1.54, 1.807) is 0 Å². The standard InChI is InChI=1S/C21H35NO3/c1-2-3-4-5-6-7-8-17-25-20-13-9-11-19(18-20)12-10-15-22-16-14-21(23)24/h9,11,13,18,22H,2-8,10,12,14-17H2,1H3,(H,23,24). The number of ether oxygens (including phenoxy) is 1. The van der Waals surface area contributed by atoms with E-state index >= 15 is 0 Å². The molecule has 142 valence electrons. The number of benzene rings is 1. The third-order valence-electron chi connectivity index (χ3n) is 4.25. The molecule has 1 aromatic carbocycles. The lowest BCUT2D eigenvalue weighted by molar-refractivity contribution is -0.136. The zero-order chi connectivity index (χ0) is 18.2. The summed E-state index contributed by atoms with van der Waals surface area (Å²) in [5.74, 6) is 0.209. The second-order valence-corrected chi connectivity index (χ2v) is 6.61. The summed E-state index contributed by atoms with van der Waals surface area (Å²) in [5, 5.41) is 11.7. The smallest absolute Gasteiger partial charge is 0.304 e. The first-order chi connectivity index (χ1) is 12.2. The van der Waals surface area contributed by atoms with E-state index in [0.717, 1.165) is 38.2 Å². The van der Waals surface area contributed by atoms with Crippen LogP contribution in [-0.4, -0.2) is 30.8 Å². The minimum atomic E-state index is -0.752. The molecule has 0 fully saturated rings. The van der Waals surface area contributed by atoms with E-state index < -0.39 is 5.97 Å². The van der Waals surface area contributed by atoms with Crippen LogP contribution in [0.5, 0.6) is 5.75 Å². The topological polar surface area (TPSA) is 58.6 Å². The predicted octanol–water partition coefficient (Wildman–Crippen LogP) is 4.81. The van der Waals surface area contributed by atoms with Gasteiger partial charge in [0, 0.05) is 6.54 Å². The van der Waals surface area contributed by atoms with Gasteiger partial charge in [-0.3, -0.25) is 4.79 Å². The molecule has 4 nitrogen and oxygen atoms in total. The summed E-state index contributed by atoms with van der Waals surface area (Å²) < 4.78 is 5.86. The first kappa shape index (κ1) is 21.5. The molecule has 1 aromatic rings. The molecule has 0 amide bonds. The number of aliphatic carboxylic acids is 1. The maximum atomic E-state index is 10.4. The Bertz CT molecular complexity index is 462. The van der Waals surface area contributed by atoms with Gasteiger partial charge in [0.25, 0.3) is 0 Å². The quantitative estimate of drug-likeness (QED) is 0.420. The molecule has 4 heteroatoms. The number of unbranched alkanes of at least 4 members (excludes halogenated alkanes) is 6. The summed E-state index contributed by atoms with van der Waals surface area (Å²) in [6.45, 7) is 4.43. The molecule has 25 heavy (non-hydrogen) atoms.